The van der Waals surface area contributed by atoms with Gasteiger partial charge in [0.1, 0.15) is 5.69 Å². The first kappa shape index (κ1) is 10.2. The van der Waals surface area contributed by atoms with E-state index in [-0.39, 0.29) is 5.78 Å². The fraction of sp³-hybridized carbons (Fsp3) is 0.333. The van der Waals surface area contributed by atoms with Gasteiger partial charge in [0.25, 0.3) is 0 Å². The Balaban J connectivity index is 3.25. The predicted molar refractivity (Wildman–Crippen MR) is 54.8 cm³/mol. The van der Waals surface area contributed by atoms with Crippen LogP contribution in [0.5, 0.6) is 0 Å². The van der Waals surface area contributed by atoms with E-state index in [1.54, 1.807) is 4.68 Å². The number of rotatable bonds is 3. The summed E-state index contributed by atoms with van der Waals surface area (Å²) in [6, 6.07) is 0. The molecule has 1 aromatic rings. The number of hydrogen-bond acceptors (Lipinski definition) is 2. The zero-order valence-corrected chi connectivity index (χ0v) is 9.26. The Hall–Kier alpha value is -0.900. The molecular formula is C9H11BrN2O. The van der Waals surface area contributed by atoms with Gasteiger partial charge in [-0.3, -0.25) is 9.48 Å². The molecule has 4 heteroatoms. The quantitative estimate of drug-likeness (QED) is 0.602. The number of aromatic nitrogens is 2. The van der Waals surface area contributed by atoms with Crippen molar-refractivity contribution in [3.8, 4) is 0 Å². The Morgan fingerprint density at radius 3 is 2.77 bits per heavy atom. The largest absolute Gasteiger partial charge is 0.287 e. The molecule has 0 saturated heterocycles. The first-order valence-corrected chi connectivity index (χ1v) is 4.79. The Labute approximate surface area is 85.6 Å². The van der Waals surface area contributed by atoms with Crippen molar-refractivity contribution < 1.29 is 4.79 Å². The van der Waals surface area contributed by atoms with Crippen molar-refractivity contribution in [3.05, 3.63) is 28.5 Å². The zero-order valence-electron chi connectivity index (χ0n) is 7.67. The number of nitrogens with zero attached hydrogens (tertiary/aromatic N) is 2. The highest BCUT2D eigenvalue weighted by molar-refractivity contribution is 9.10. The van der Waals surface area contributed by atoms with Gasteiger partial charge in [-0.05, 0) is 28.4 Å². The molecule has 0 aliphatic rings. The van der Waals surface area contributed by atoms with E-state index in [4.69, 9.17) is 0 Å². The molecule has 70 valence electrons. The number of allylic oxidation sites excluding steroid dienone is 1. The second kappa shape index (κ2) is 3.87. The lowest BCUT2D eigenvalue weighted by Gasteiger charge is -1.95. The molecule has 0 saturated carbocycles. The van der Waals surface area contributed by atoms with Crippen molar-refractivity contribution in [2.45, 2.75) is 13.3 Å². The van der Waals surface area contributed by atoms with E-state index >= 15 is 0 Å². The van der Waals surface area contributed by atoms with Gasteiger partial charge < -0.3 is 0 Å². The van der Waals surface area contributed by atoms with Crippen molar-refractivity contribution in [1.82, 2.24) is 9.78 Å². The molecule has 0 amide bonds. The van der Waals surface area contributed by atoms with Crippen LogP contribution in [-0.2, 0) is 13.5 Å². The average molecular weight is 243 g/mol. The van der Waals surface area contributed by atoms with Gasteiger partial charge in [0.15, 0.2) is 0 Å². The molecule has 0 aromatic carbocycles. The molecule has 0 atom stereocenters. The fourth-order valence-electron chi connectivity index (χ4n) is 1.17. The maximum atomic E-state index is 11.3. The molecule has 1 aromatic heterocycles. The molecular weight excluding hydrogens is 232 g/mol. The maximum absolute atomic E-state index is 11.3. The second-order valence-electron chi connectivity index (χ2n) is 2.65. The highest BCUT2D eigenvalue weighted by atomic mass is 79.9. The van der Waals surface area contributed by atoms with E-state index in [0.717, 1.165) is 16.6 Å². The van der Waals surface area contributed by atoms with E-state index in [2.05, 4.69) is 27.6 Å². The van der Waals surface area contributed by atoms with Gasteiger partial charge in [0.05, 0.1) is 10.2 Å². The van der Waals surface area contributed by atoms with Crippen molar-refractivity contribution in [2.24, 2.45) is 7.05 Å². The molecule has 0 bridgehead atoms. The first-order valence-electron chi connectivity index (χ1n) is 4.00. The number of halogens is 1. The minimum Gasteiger partial charge on any atom is -0.287 e. The summed E-state index contributed by atoms with van der Waals surface area (Å²) in [5.74, 6) is -0.151. The Bertz CT molecular complexity index is 355. The number of hydrogen-bond donors (Lipinski definition) is 0. The van der Waals surface area contributed by atoms with Gasteiger partial charge >= 0.3 is 0 Å². The third kappa shape index (κ3) is 1.72. The summed E-state index contributed by atoms with van der Waals surface area (Å²) in [6.45, 7) is 5.44. The number of carbonyl (C=O) groups excluding carboxylic acids is 1. The van der Waals surface area contributed by atoms with E-state index in [0.29, 0.717) is 5.69 Å². The van der Waals surface area contributed by atoms with Gasteiger partial charge in [0, 0.05) is 7.05 Å². The molecule has 0 aliphatic heterocycles. The van der Waals surface area contributed by atoms with Crippen molar-refractivity contribution in [1.29, 1.82) is 0 Å². The molecule has 3 nitrogen and oxygen atoms in total. The standard InChI is InChI=1S/C9H11BrN2O/c1-4-6-8(10)9(7(13)5-2)11-12(6)3/h5H,2,4H2,1,3H3. The number of ketones is 1. The van der Waals surface area contributed by atoms with Crippen LogP contribution in [0.2, 0.25) is 0 Å². The second-order valence-corrected chi connectivity index (χ2v) is 3.45. The molecule has 0 aliphatic carbocycles. The number of carbonyl (C=O) groups is 1. The molecule has 0 unspecified atom stereocenters. The van der Waals surface area contributed by atoms with E-state index in [9.17, 15) is 4.79 Å². The Morgan fingerprint density at radius 2 is 2.38 bits per heavy atom. The summed E-state index contributed by atoms with van der Waals surface area (Å²) >= 11 is 3.35. The summed E-state index contributed by atoms with van der Waals surface area (Å²) in [5, 5.41) is 4.10. The molecule has 0 spiro atoms. The highest BCUT2D eigenvalue weighted by Gasteiger charge is 2.16. The van der Waals surface area contributed by atoms with Crippen molar-refractivity contribution in [3.63, 3.8) is 0 Å². The zero-order chi connectivity index (χ0) is 10.0. The minimum absolute atomic E-state index is 0.151. The van der Waals surface area contributed by atoms with Gasteiger partial charge in [-0.1, -0.05) is 13.5 Å². The Morgan fingerprint density at radius 1 is 1.77 bits per heavy atom. The normalized spacial score (nSPS) is 10.1. The highest BCUT2D eigenvalue weighted by Crippen LogP contribution is 2.21. The van der Waals surface area contributed by atoms with E-state index < -0.39 is 0 Å². The van der Waals surface area contributed by atoms with Crippen LogP contribution in [0.4, 0.5) is 0 Å². The smallest absolute Gasteiger partial charge is 0.206 e. The van der Waals surface area contributed by atoms with Crippen LogP contribution >= 0.6 is 15.9 Å². The van der Waals surface area contributed by atoms with Crippen LogP contribution in [0.3, 0.4) is 0 Å². The summed E-state index contributed by atoms with van der Waals surface area (Å²) < 4.78 is 2.49. The lowest BCUT2D eigenvalue weighted by atomic mass is 10.2. The molecule has 0 fully saturated rings. The van der Waals surface area contributed by atoms with Gasteiger partial charge in [-0.2, -0.15) is 5.10 Å². The van der Waals surface area contributed by atoms with Crippen LogP contribution in [0.1, 0.15) is 23.1 Å². The van der Waals surface area contributed by atoms with Gasteiger partial charge in [-0.25, -0.2) is 0 Å². The molecule has 1 rings (SSSR count). The monoisotopic (exact) mass is 242 g/mol. The fourth-order valence-corrected chi connectivity index (χ4v) is 1.98. The molecule has 1 heterocycles. The number of aryl methyl sites for hydroxylation is 1. The third-order valence-corrected chi connectivity index (χ3v) is 2.69. The van der Waals surface area contributed by atoms with E-state index in [1.807, 2.05) is 14.0 Å². The van der Waals surface area contributed by atoms with Crippen LogP contribution in [0.25, 0.3) is 0 Å². The molecule has 0 N–H and O–H groups in total. The topological polar surface area (TPSA) is 34.9 Å². The maximum Gasteiger partial charge on any atom is 0.206 e. The lowest BCUT2D eigenvalue weighted by Crippen LogP contribution is -1.98. The van der Waals surface area contributed by atoms with Gasteiger partial charge in [-0.15, -0.1) is 0 Å². The van der Waals surface area contributed by atoms with Crippen LogP contribution in [0.15, 0.2) is 17.1 Å². The third-order valence-electron chi connectivity index (χ3n) is 1.86. The molecule has 0 radical (unpaired) electrons. The minimum atomic E-state index is -0.151. The Kier molecular flexibility index (Phi) is 3.03. The van der Waals surface area contributed by atoms with Crippen molar-refractivity contribution in [2.75, 3.05) is 0 Å². The van der Waals surface area contributed by atoms with Crippen molar-refractivity contribution >= 4 is 21.7 Å². The lowest BCUT2D eigenvalue weighted by molar-refractivity contribution is 0.104. The summed E-state index contributed by atoms with van der Waals surface area (Å²) in [4.78, 5) is 11.3. The summed E-state index contributed by atoms with van der Waals surface area (Å²) in [6.07, 6.45) is 2.11. The van der Waals surface area contributed by atoms with Crippen LogP contribution < -0.4 is 0 Å². The first-order chi connectivity index (χ1) is 6.11. The summed E-state index contributed by atoms with van der Waals surface area (Å²) in [7, 11) is 1.82. The SMILES string of the molecule is C=CC(=O)c1nn(C)c(CC)c1Br. The molecule has 13 heavy (non-hydrogen) atoms. The van der Waals surface area contributed by atoms with Crippen LogP contribution in [0, 0.1) is 0 Å². The van der Waals surface area contributed by atoms with Gasteiger partial charge in [0.2, 0.25) is 5.78 Å². The van der Waals surface area contributed by atoms with E-state index in [1.165, 1.54) is 6.08 Å². The average Bonchev–Trinajstić information content (AvgIpc) is 2.40. The van der Waals surface area contributed by atoms with Crippen LogP contribution in [-0.4, -0.2) is 15.6 Å². The summed E-state index contributed by atoms with van der Waals surface area (Å²) in [5.41, 5.74) is 1.46. The predicted octanol–water partition coefficient (Wildman–Crippen LogP) is 2.11.